The van der Waals surface area contributed by atoms with Gasteiger partial charge in [0.05, 0.1) is 29.6 Å². The molecular weight excluding hydrogens is 338 g/mol. The lowest BCUT2D eigenvalue weighted by molar-refractivity contribution is 0.0931. The lowest BCUT2D eigenvalue weighted by Gasteiger charge is -2.14. The van der Waals surface area contributed by atoms with Crippen LogP contribution < -0.4 is 5.32 Å². The zero-order valence-corrected chi connectivity index (χ0v) is 14.5. The van der Waals surface area contributed by atoms with Crippen LogP contribution in [0.1, 0.15) is 29.1 Å². The Bertz CT molecular complexity index is 1100. The average molecular weight is 354 g/mol. The lowest BCUT2D eigenvalue weighted by Crippen LogP contribution is -2.28. The van der Waals surface area contributed by atoms with E-state index in [9.17, 15) is 4.79 Å². The third-order valence-electron chi connectivity index (χ3n) is 4.38. The zero-order chi connectivity index (χ0) is 17.6. The lowest BCUT2D eigenvalue weighted by atomic mass is 10.1. The molecule has 1 aromatic carbocycles. The van der Waals surface area contributed by atoms with Crippen molar-refractivity contribution in [1.29, 1.82) is 0 Å². The van der Waals surface area contributed by atoms with Crippen molar-refractivity contribution in [2.75, 3.05) is 0 Å². The van der Waals surface area contributed by atoms with Crippen LogP contribution in [-0.2, 0) is 7.05 Å². The number of nitrogens with one attached hydrogen (secondary N) is 2. The molecule has 0 fully saturated rings. The molecule has 0 radical (unpaired) electrons. The van der Waals surface area contributed by atoms with Crippen LogP contribution in [0.15, 0.2) is 42.7 Å². The van der Waals surface area contributed by atoms with Crippen molar-refractivity contribution in [2.24, 2.45) is 7.05 Å². The molecule has 4 aromatic rings. The molecule has 4 rings (SSSR count). The van der Waals surface area contributed by atoms with E-state index < -0.39 is 0 Å². The van der Waals surface area contributed by atoms with Gasteiger partial charge in [0, 0.05) is 28.4 Å². The van der Waals surface area contributed by atoms with E-state index in [1.165, 1.54) is 0 Å². The molecule has 0 aliphatic carbocycles. The van der Waals surface area contributed by atoms with Gasteiger partial charge in [0.2, 0.25) is 0 Å². The van der Waals surface area contributed by atoms with Gasteiger partial charge in [-0.15, -0.1) is 0 Å². The summed E-state index contributed by atoms with van der Waals surface area (Å²) in [5.74, 6) is -0.156. The number of H-pyrrole nitrogens is 1. The van der Waals surface area contributed by atoms with Crippen molar-refractivity contribution < 1.29 is 4.79 Å². The number of aromatic amines is 1. The quantitative estimate of drug-likeness (QED) is 0.591. The van der Waals surface area contributed by atoms with Gasteiger partial charge < -0.3 is 9.88 Å². The largest absolute Gasteiger partial charge is 0.343 e. The van der Waals surface area contributed by atoms with Crippen molar-refractivity contribution in [3.63, 3.8) is 0 Å². The highest BCUT2D eigenvalue weighted by Gasteiger charge is 2.17. The normalized spacial score (nSPS) is 12.6. The molecule has 0 spiro atoms. The molecule has 1 unspecified atom stereocenters. The molecule has 1 amide bonds. The van der Waals surface area contributed by atoms with Crippen LogP contribution in [0.5, 0.6) is 0 Å². The third-order valence-corrected chi connectivity index (χ3v) is 4.61. The summed E-state index contributed by atoms with van der Waals surface area (Å²) in [4.78, 5) is 17.1. The fraction of sp³-hybridized carbons (Fsp3) is 0.167. The third kappa shape index (κ3) is 2.74. The standard InChI is InChI=1S/C18H16ClN5O/c1-10(14-5-12-8-21-23-15(12)9-20-14)22-18(25)17-6-11-3-4-13(19)7-16(11)24(17)2/h3-10H,1-2H3,(H,21,23)(H,22,25). The Labute approximate surface area is 148 Å². The molecule has 0 saturated heterocycles. The summed E-state index contributed by atoms with van der Waals surface area (Å²) < 4.78 is 1.84. The fourth-order valence-electron chi connectivity index (χ4n) is 2.96. The molecule has 6 nitrogen and oxygen atoms in total. The van der Waals surface area contributed by atoms with E-state index in [1.807, 2.05) is 48.9 Å². The predicted octanol–water partition coefficient (Wildman–Crippen LogP) is 3.59. The molecule has 0 aliphatic rings. The maximum atomic E-state index is 12.7. The highest BCUT2D eigenvalue weighted by atomic mass is 35.5. The number of pyridine rings is 1. The highest BCUT2D eigenvalue weighted by Crippen LogP contribution is 2.23. The number of fused-ring (bicyclic) bond motifs is 2. The first-order valence-corrected chi connectivity index (χ1v) is 8.25. The Morgan fingerprint density at radius 3 is 2.92 bits per heavy atom. The summed E-state index contributed by atoms with van der Waals surface area (Å²) in [6.45, 7) is 1.91. The summed E-state index contributed by atoms with van der Waals surface area (Å²) in [7, 11) is 1.86. The molecule has 0 aliphatic heterocycles. The summed E-state index contributed by atoms with van der Waals surface area (Å²) in [5.41, 5.74) is 3.15. The minimum Gasteiger partial charge on any atom is -0.343 e. The van der Waals surface area contributed by atoms with Gasteiger partial charge in [0.15, 0.2) is 0 Å². The van der Waals surface area contributed by atoms with Gasteiger partial charge >= 0.3 is 0 Å². The smallest absolute Gasteiger partial charge is 0.268 e. The number of aromatic nitrogens is 4. The molecule has 0 bridgehead atoms. The average Bonchev–Trinajstić information content (AvgIpc) is 3.19. The summed E-state index contributed by atoms with van der Waals surface area (Å²) in [5, 5.41) is 12.4. The van der Waals surface area contributed by atoms with Gasteiger partial charge in [-0.2, -0.15) is 5.10 Å². The van der Waals surface area contributed by atoms with Crippen LogP contribution in [-0.4, -0.2) is 25.7 Å². The van der Waals surface area contributed by atoms with Crippen LogP contribution in [0.25, 0.3) is 21.8 Å². The molecular formula is C18H16ClN5O. The van der Waals surface area contributed by atoms with E-state index in [1.54, 1.807) is 12.4 Å². The van der Waals surface area contributed by atoms with Crippen molar-refractivity contribution in [3.8, 4) is 0 Å². The van der Waals surface area contributed by atoms with Crippen molar-refractivity contribution >= 4 is 39.3 Å². The minimum atomic E-state index is -0.228. The number of carbonyl (C=O) groups is 1. The number of aryl methyl sites for hydroxylation is 1. The van der Waals surface area contributed by atoms with Crippen LogP contribution in [0, 0.1) is 0 Å². The fourth-order valence-corrected chi connectivity index (χ4v) is 3.13. The van der Waals surface area contributed by atoms with E-state index in [0.717, 1.165) is 27.5 Å². The van der Waals surface area contributed by atoms with E-state index in [2.05, 4.69) is 20.5 Å². The SMILES string of the molecule is CC(NC(=O)c1cc2ccc(Cl)cc2n1C)c1cc2cn[nH]c2cn1. The number of hydrogen-bond acceptors (Lipinski definition) is 3. The van der Waals surface area contributed by atoms with E-state index in [4.69, 9.17) is 11.6 Å². The molecule has 2 N–H and O–H groups in total. The van der Waals surface area contributed by atoms with Gasteiger partial charge in [-0.25, -0.2) is 0 Å². The molecule has 0 saturated carbocycles. The van der Waals surface area contributed by atoms with Gasteiger partial charge in [0.1, 0.15) is 5.69 Å². The van der Waals surface area contributed by atoms with Gasteiger partial charge in [-0.3, -0.25) is 14.9 Å². The van der Waals surface area contributed by atoms with Crippen LogP contribution >= 0.6 is 11.6 Å². The first-order chi connectivity index (χ1) is 12.0. The van der Waals surface area contributed by atoms with Gasteiger partial charge in [0.25, 0.3) is 5.91 Å². The number of nitrogens with zero attached hydrogens (tertiary/aromatic N) is 3. The summed E-state index contributed by atoms with van der Waals surface area (Å²) in [6, 6.07) is 9.13. The van der Waals surface area contributed by atoms with Crippen LogP contribution in [0.2, 0.25) is 5.02 Å². The molecule has 25 heavy (non-hydrogen) atoms. The van der Waals surface area contributed by atoms with Crippen LogP contribution in [0.4, 0.5) is 0 Å². The minimum absolute atomic E-state index is 0.156. The number of amides is 1. The van der Waals surface area contributed by atoms with E-state index >= 15 is 0 Å². The van der Waals surface area contributed by atoms with Crippen molar-refractivity contribution in [1.82, 2.24) is 25.1 Å². The van der Waals surface area contributed by atoms with Crippen LogP contribution in [0.3, 0.4) is 0 Å². The van der Waals surface area contributed by atoms with Gasteiger partial charge in [-0.1, -0.05) is 17.7 Å². The second-order valence-corrected chi connectivity index (χ2v) is 6.49. The predicted molar refractivity (Wildman–Crippen MR) is 97.7 cm³/mol. The topological polar surface area (TPSA) is 75.6 Å². The monoisotopic (exact) mass is 353 g/mol. The molecule has 7 heteroatoms. The Kier molecular flexibility index (Phi) is 3.69. The number of halogens is 1. The number of carbonyl (C=O) groups excluding carboxylic acids is 1. The Morgan fingerprint density at radius 2 is 2.08 bits per heavy atom. The van der Waals surface area contributed by atoms with E-state index in [0.29, 0.717) is 10.7 Å². The highest BCUT2D eigenvalue weighted by molar-refractivity contribution is 6.31. The second kappa shape index (κ2) is 5.89. The second-order valence-electron chi connectivity index (χ2n) is 6.05. The summed E-state index contributed by atoms with van der Waals surface area (Å²) >= 11 is 6.05. The molecule has 3 heterocycles. The zero-order valence-electron chi connectivity index (χ0n) is 13.7. The number of benzene rings is 1. The Balaban J connectivity index is 1.61. The molecule has 3 aromatic heterocycles. The Hall–Kier alpha value is -2.86. The summed E-state index contributed by atoms with van der Waals surface area (Å²) in [6.07, 6.45) is 3.46. The van der Waals surface area contributed by atoms with Crippen molar-refractivity contribution in [3.05, 3.63) is 59.1 Å². The number of rotatable bonds is 3. The molecule has 126 valence electrons. The van der Waals surface area contributed by atoms with Crippen molar-refractivity contribution in [2.45, 2.75) is 13.0 Å². The van der Waals surface area contributed by atoms with E-state index in [-0.39, 0.29) is 11.9 Å². The number of hydrogen-bond donors (Lipinski definition) is 2. The molecule has 1 atom stereocenters. The Morgan fingerprint density at radius 1 is 1.24 bits per heavy atom. The first-order valence-electron chi connectivity index (χ1n) is 7.88. The maximum Gasteiger partial charge on any atom is 0.268 e. The first kappa shape index (κ1) is 15.7. The van der Waals surface area contributed by atoms with Gasteiger partial charge in [-0.05, 0) is 31.2 Å². The maximum absolute atomic E-state index is 12.7.